The zero-order valence-corrected chi connectivity index (χ0v) is 9.46. The van der Waals surface area contributed by atoms with Crippen LogP contribution in [0.4, 0.5) is 0 Å². The second kappa shape index (κ2) is 5.14. The Bertz CT molecular complexity index is 264. The fourth-order valence-electron chi connectivity index (χ4n) is 2.36. The van der Waals surface area contributed by atoms with Crippen LogP contribution in [0, 0.1) is 5.92 Å². The summed E-state index contributed by atoms with van der Waals surface area (Å²) >= 11 is 0. The predicted molar refractivity (Wildman–Crippen MR) is 59.8 cm³/mol. The van der Waals surface area contributed by atoms with Crippen LogP contribution in [0.5, 0.6) is 0 Å². The summed E-state index contributed by atoms with van der Waals surface area (Å²) in [6.45, 7) is 1.08. The lowest BCUT2D eigenvalue weighted by atomic mass is 9.75. The predicted octanol–water partition coefficient (Wildman–Crippen LogP) is -1.42. The van der Waals surface area contributed by atoms with E-state index in [1.807, 2.05) is 11.9 Å². The smallest absolute Gasteiger partial charge is 0.451 e. The summed E-state index contributed by atoms with van der Waals surface area (Å²) in [5, 5.41) is 26.6. The van der Waals surface area contributed by atoms with Gasteiger partial charge in [0, 0.05) is 13.1 Å². The summed E-state index contributed by atoms with van der Waals surface area (Å²) < 4.78 is 0. The van der Waals surface area contributed by atoms with Gasteiger partial charge in [0.2, 0.25) is 0 Å². The summed E-state index contributed by atoms with van der Waals surface area (Å²) in [5.41, 5.74) is 4.61. The lowest BCUT2D eigenvalue weighted by molar-refractivity contribution is -0.146. The van der Waals surface area contributed by atoms with E-state index in [9.17, 15) is 4.79 Å². The molecule has 92 valence electrons. The Labute approximate surface area is 95.2 Å². The third-order valence-electron chi connectivity index (χ3n) is 3.03. The highest BCUT2D eigenvalue weighted by atomic mass is 16.4. The van der Waals surface area contributed by atoms with E-state index < -0.39 is 18.6 Å². The Morgan fingerprint density at radius 1 is 1.62 bits per heavy atom. The van der Waals surface area contributed by atoms with E-state index in [4.69, 9.17) is 20.9 Å². The molecule has 5 N–H and O–H groups in total. The quantitative estimate of drug-likeness (QED) is 0.442. The van der Waals surface area contributed by atoms with Crippen molar-refractivity contribution >= 4 is 13.1 Å². The van der Waals surface area contributed by atoms with Crippen LogP contribution in [0.25, 0.3) is 0 Å². The number of hydrogen-bond acceptors (Lipinski definition) is 5. The van der Waals surface area contributed by atoms with Crippen LogP contribution in [-0.2, 0) is 4.79 Å². The molecular formula is C9H19BN2O4. The van der Waals surface area contributed by atoms with E-state index in [0.717, 1.165) is 6.54 Å². The van der Waals surface area contributed by atoms with Crippen LogP contribution in [-0.4, -0.2) is 58.8 Å². The topological polar surface area (TPSA) is 107 Å². The minimum absolute atomic E-state index is 0.0987. The Balaban J connectivity index is 2.57. The number of likely N-dealkylation sites (N-methyl/N-ethyl adjacent to an activating group) is 1. The van der Waals surface area contributed by atoms with E-state index in [2.05, 4.69) is 0 Å². The van der Waals surface area contributed by atoms with Gasteiger partial charge in [0.1, 0.15) is 5.54 Å². The summed E-state index contributed by atoms with van der Waals surface area (Å²) in [6.07, 6.45) is 1.22. The summed E-state index contributed by atoms with van der Waals surface area (Å²) in [7, 11) is 0.496. The van der Waals surface area contributed by atoms with Crippen LogP contribution in [0.1, 0.15) is 12.8 Å². The molecule has 6 nitrogen and oxygen atoms in total. The van der Waals surface area contributed by atoms with Crippen LogP contribution in [0.3, 0.4) is 0 Å². The van der Waals surface area contributed by atoms with Gasteiger partial charge in [0.25, 0.3) is 0 Å². The maximum atomic E-state index is 11.1. The van der Waals surface area contributed by atoms with Crippen molar-refractivity contribution in [1.82, 2.24) is 4.90 Å². The van der Waals surface area contributed by atoms with E-state index in [0.29, 0.717) is 19.4 Å². The highest BCUT2D eigenvalue weighted by molar-refractivity contribution is 6.40. The first kappa shape index (κ1) is 13.4. The second-order valence-corrected chi connectivity index (χ2v) is 4.79. The highest BCUT2D eigenvalue weighted by Crippen LogP contribution is 2.26. The third-order valence-corrected chi connectivity index (χ3v) is 3.03. The Morgan fingerprint density at radius 3 is 2.75 bits per heavy atom. The van der Waals surface area contributed by atoms with Crippen molar-refractivity contribution in [1.29, 1.82) is 0 Å². The Kier molecular flexibility index (Phi) is 4.31. The van der Waals surface area contributed by atoms with Crippen LogP contribution in [0.2, 0.25) is 6.32 Å². The van der Waals surface area contributed by atoms with E-state index in [1.165, 1.54) is 0 Å². The molecule has 1 rings (SSSR count). The minimum atomic E-state index is -1.33. The largest absolute Gasteiger partial charge is 0.480 e. The zero-order chi connectivity index (χ0) is 12.3. The molecule has 7 heteroatoms. The lowest BCUT2D eigenvalue weighted by Crippen LogP contribution is -2.60. The van der Waals surface area contributed by atoms with Crippen molar-refractivity contribution in [2.75, 3.05) is 20.1 Å². The Hall–Kier alpha value is -0.625. The van der Waals surface area contributed by atoms with Gasteiger partial charge in [0.05, 0.1) is 0 Å². The molecule has 1 fully saturated rings. The molecule has 1 saturated heterocycles. The average Bonchev–Trinajstić information content (AvgIpc) is 2.13. The van der Waals surface area contributed by atoms with E-state index in [-0.39, 0.29) is 12.2 Å². The first-order chi connectivity index (χ1) is 7.33. The molecule has 0 aromatic carbocycles. The first-order valence-corrected chi connectivity index (χ1v) is 5.40. The SMILES string of the molecule is CN1CC(CCB(O)O)C[C@](N)(C(=O)O)C1. The number of carbonyl (C=O) groups is 1. The van der Waals surface area contributed by atoms with Crippen molar-refractivity contribution in [2.45, 2.75) is 24.7 Å². The number of nitrogens with zero attached hydrogens (tertiary/aromatic N) is 1. The molecule has 1 unspecified atom stereocenters. The van der Waals surface area contributed by atoms with Crippen LogP contribution >= 0.6 is 0 Å². The van der Waals surface area contributed by atoms with E-state index >= 15 is 0 Å². The molecule has 0 bridgehead atoms. The summed E-state index contributed by atoms with van der Waals surface area (Å²) in [6, 6.07) is 0. The van der Waals surface area contributed by atoms with Gasteiger partial charge in [-0.3, -0.25) is 4.79 Å². The molecule has 1 aliphatic heterocycles. The Morgan fingerprint density at radius 2 is 2.25 bits per heavy atom. The van der Waals surface area contributed by atoms with Crippen molar-refractivity contribution in [3.05, 3.63) is 0 Å². The summed E-state index contributed by atoms with van der Waals surface area (Å²) in [4.78, 5) is 12.9. The third kappa shape index (κ3) is 3.45. The fourth-order valence-corrected chi connectivity index (χ4v) is 2.36. The molecule has 0 aromatic rings. The van der Waals surface area contributed by atoms with Crippen molar-refractivity contribution in [3.8, 4) is 0 Å². The first-order valence-electron chi connectivity index (χ1n) is 5.40. The van der Waals surface area contributed by atoms with Gasteiger partial charge in [-0.2, -0.15) is 0 Å². The highest BCUT2D eigenvalue weighted by Gasteiger charge is 2.41. The number of likely N-dealkylation sites (tertiary alicyclic amines) is 1. The molecular weight excluding hydrogens is 211 g/mol. The van der Waals surface area contributed by atoms with Gasteiger partial charge >= 0.3 is 13.1 Å². The van der Waals surface area contributed by atoms with Gasteiger partial charge in [-0.05, 0) is 25.7 Å². The molecule has 16 heavy (non-hydrogen) atoms. The van der Waals surface area contributed by atoms with Crippen LogP contribution in [0.15, 0.2) is 0 Å². The molecule has 1 aliphatic rings. The van der Waals surface area contributed by atoms with Crippen LogP contribution < -0.4 is 5.73 Å². The second-order valence-electron chi connectivity index (χ2n) is 4.79. The number of carboxylic acid groups (broad SMARTS) is 1. The van der Waals surface area contributed by atoms with E-state index in [1.54, 1.807) is 0 Å². The maximum absolute atomic E-state index is 11.1. The minimum Gasteiger partial charge on any atom is -0.480 e. The molecule has 1 heterocycles. The number of carboxylic acids is 1. The molecule has 0 radical (unpaired) electrons. The number of nitrogens with two attached hydrogens (primary N) is 1. The standard InChI is InChI=1S/C9H19BN2O4/c1-12-5-7(2-3-10(15)16)4-9(11,6-12)8(13)14/h7,15-16H,2-6,11H2,1H3,(H,13,14)/t7?,9-/m1/s1. The number of hydrogen-bond donors (Lipinski definition) is 4. The van der Waals surface area contributed by atoms with Crippen molar-refractivity contribution in [3.63, 3.8) is 0 Å². The zero-order valence-electron chi connectivity index (χ0n) is 9.46. The molecule has 0 spiro atoms. The monoisotopic (exact) mass is 230 g/mol. The van der Waals surface area contributed by atoms with Crippen molar-refractivity contribution in [2.24, 2.45) is 11.7 Å². The van der Waals surface area contributed by atoms with Crippen molar-refractivity contribution < 1.29 is 19.9 Å². The molecule has 0 saturated carbocycles. The molecule has 0 aromatic heterocycles. The number of aliphatic carboxylic acids is 1. The number of piperidine rings is 1. The molecule has 0 amide bonds. The summed E-state index contributed by atoms with van der Waals surface area (Å²) in [5.74, 6) is -0.893. The van der Waals surface area contributed by atoms with Gasteiger partial charge in [-0.25, -0.2) is 0 Å². The average molecular weight is 230 g/mol. The molecule has 2 atom stereocenters. The fraction of sp³-hybridized carbons (Fsp3) is 0.889. The van der Waals surface area contributed by atoms with Gasteiger partial charge in [-0.1, -0.05) is 6.42 Å². The normalized spacial score (nSPS) is 31.4. The number of rotatable bonds is 4. The van der Waals surface area contributed by atoms with Gasteiger partial charge < -0.3 is 25.8 Å². The maximum Gasteiger partial charge on any atom is 0.451 e. The van der Waals surface area contributed by atoms with Gasteiger partial charge in [0.15, 0.2) is 0 Å². The molecule has 0 aliphatic carbocycles. The van der Waals surface area contributed by atoms with Gasteiger partial charge in [-0.15, -0.1) is 0 Å². The lowest BCUT2D eigenvalue weighted by Gasteiger charge is -2.40.